The zero-order valence-electron chi connectivity index (χ0n) is 17.4. The van der Waals surface area contributed by atoms with Gasteiger partial charge in [0.2, 0.25) is 0 Å². The van der Waals surface area contributed by atoms with Gasteiger partial charge in [0.25, 0.3) is 10.0 Å². The van der Waals surface area contributed by atoms with Gasteiger partial charge in [-0.05, 0) is 41.2 Å². The monoisotopic (exact) mass is 547 g/mol. The Morgan fingerprint density at radius 3 is 2.74 bits per heavy atom. The lowest BCUT2D eigenvalue weighted by molar-refractivity contribution is 0.328. The Morgan fingerprint density at radius 2 is 2.03 bits per heavy atom. The number of pyridine rings is 1. The summed E-state index contributed by atoms with van der Waals surface area (Å²) in [7, 11) is -12.6. The SMILES string of the molecule is CS(=O)(=O)c1ccncc1OP(=O)(O)CNS(=O)(=O)c1cc2cc(OCCN=[N+]=[N-])ccc2s1. The Morgan fingerprint density at radius 1 is 1.26 bits per heavy atom. The lowest BCUT2D eigenvalue weighted by Gasteiger charge is -2.15. The number of sulfone groups is 1. The molecular weight excluding hydrogens is 529 g/mol. The summed E-state index contributed by atoms with van der Waals surface area (Å²) in [6, 6.07) is 7.35. The van der Waals surface area contributed by atoms with Crippen LogP contribution in [0.15, 0.2) is 56.9 Å². The molecule has 182 valence electrons. The standard InChI is InChI=1S/C17H18N5O8PS3/c1-33(25,26)16-4-5-19-10-14(16)30-31(23,24)11-21-34(27,28)17-9-12-8-13(2-3-15(12)32-17)29-7-6-20-22-18/h2-5,8-10,21H,6-7,11H2,1H3,(H,23,24). The molecule has 1 aromatic carbocycles. The Hall–Kier alpha value is -2.71. The number of fused-ring (bicyclic) bond motifs is 1. The quantitative estimate of drug-likeness (QED) is 0.119. The number of hydrogen-bond donors (Lipinski definition) is 2. The van der Waals surface area contributed by atoms with Crippen molar-refractivity contribution in [1.29, 1.82) is 0 Å². The van der Waals surface area contributed by atoms with Crippen molar-refractivity contribution < 1.29 is 35.6 Å². The fourth-order valence-corrected chi connectivity index (χ4v) is 7.40. The number of sulfonamides is 1. The highest BCUT2D eigenvalue weighted by Crippen LogP contribution is 2.43. The Bertz CT molecular complexity index is 1520. The number of hydrogen-bond acceptors (Lipinski definition) is 10. The predicted octanol–water partition coefficient (Wildman–Crippen LogP) is 2.89. The number of thiophene rings is 1. The van der Waals surface area contributed by atoms with Crippen LogP contribution in [0.25, 0.3) is 20.5 Å². The first-order valence-corrected chi connectivity index (χ1v) is 15.2. The first-order chi connectivity index (χ1) is 15.9. The molecule has 0 aliphatic rings. The lowest BCUT2D eigenvalue weighted by Crippen LogP contribution is -2.25. The third kappa shape index (κ3) is 6.67. The first kappa shape index (κ1) is 25.9. The average molecular weight is 548 g/mol. The van der Waals surface area contributed by atoms with Gasteiger partial charge in [-0.3, -0.25) is 4.98 Å². The molecule has 2 heterocycles. The maximum absolute atomic E-state index is 12.7. The minimum atomic E-state index is -4.63. The molecule has 1 unspecified atom stereocenters. The van der Waals surface area contributed by atoms with Crippen molar-refractivity contribution in [3.05, 3.63) is 53.2 Å². The summed E-state index contributed by atoms with van der Waals surface area (Å²) >= 11 is 0.931. The van der Waals surface area contributed by atoms with Crippen molar-refractivity contribution in [3.63, 3.8) is 0 Å². The number of benzene rings is 1. The third-order valence-electron chi connectivity index (χ3n) is 4.09. The zero-order valence-corrected chi connectivity index (χ0v) is 20.8. The number of aromatic nitrogens is 1. The van der Waals surface area contributed by atoms with Gasteiger partial charge in [0.05, 0.1) is 19.3 Å². The molecule has 0 amide bonds. The van der Waals surface area contributed by atoms with Crippen LogP contribution < -0.4 is 14.0 Å². The number of azide groups is 1. The van der Waals surface area contributed by atoms with E-state index in [1.807, 2.05) is 4.72 Å². The summed E-state index contributed by atoms with van der Waals surface area (Å²) < 4.78 is 74.3. The van der Waals surface area contributed by atoms with E-state index >= 15 is 0 Å². The van der Waals surface area contributed by atoms with Gasteiger partial charge < -0.3 is 14.2 Å². The van der Waals surface area contributed by atoms with Crippen molar-refractivity contribution in [3.8, 4) is 11.5 Å². The highest BCUT2D eigenvalue weighted by atomic mass is 32.2. The van der Waals surface area contributed by atoms with Crippen LogP contribution in [0, 0.1) is 0 Å². The van der Waals surface area contributed by atoms with E-state index in [0.717, 1.165) is 29.9 Å². The van der Waals surface area contributed by atoms with E-state index in [1.54, 1.807) is 18.2 Å². The van der Waals surface area contributed by atoms with Crippen molar-refractivity contribution in [2.75, 3.05) is 25.7 Å². The molecule has 2 aromatic heterocycles. The van der Waals surface area contributed by atoms with E-state index < -0.39 is 39.5 Å². The normalized spacial score (nSPS) is 13.7. The molecule has 3 rings (SSSR count). The number of nitrogens with one attached hydrogen (secondary N) is 1. The molecule has 1 atom stereocenters. The molecule has 34 heavy (non-hydrogen) atoms. The fourth-order valence-electron chi connectivity index (χ4n) is 2.63. The Kier molecular flexibility index (Phi) is 7.83. The zero-order chi connectivity index (χ0) is 25.0. The van der Waals surface area contributed by atoms with E-state index in [-0.39, 0.29) is 22.3 Å². The van der Waals surface area contributed by atoms with Crippen LogP contribution in [0.2, 0.25) is 0 Å². The smallest absolute Gasteiger partial charge is 0.391 e. The number of nitrogens with zero attached hydrogens (tertiary/aromatic N) is 4. The second-order valence-corrected chi connectivity index (χ2v) is 13.5. The van der Waals surface area contributed by atoms with Crippen LogP contribution in [-0.4, -0.2) is 52.4 Å². The summed E-state index contributed by atoms with van der Waals surface area (Å²) in [6.45, 7) is 0.284. The summed E-state index contributed by atoms with van der Waals surface area (Å²) in [5, 5.41) is 3.91. The van der Waals surface area contributed by atoms with Gasteiger partial charge in [-0.1, -0.05) is 5.11 Å². The second-order valence-electron chi connectivity index (χ2n) is 6.70. The summed E-state index contributed by atoms with van der Waals surface area (Å²) in [5.74, 6) is -0.0216. The number of rotatable bonds is 11. The number of ether oxygens (including phenoxy) is 1. The summed E-state index contributed by atoms with van der Waals surface area (Å²) in [4.78, 5) is 16.0. The van der Waals surface area contributed by atoms with Gasteiger partial charge >= 0.3 is 7.60 Å². The van der Waals surface area contributed by atoms with Crippen molar-refractivity contribution in [2.24, 2.45) is 5.11 Å². The van der Waals surface area contributed by atoms with Crippen molar-refractivity contribution in [1.82, 2.24) is 9.71 Å². The van der Waals surface area contributed by atoms with E-state index in [9.17, 15) is 26.3 Å². The molecule has 0 saturated heterocycles. The topological polar surface area (TPSA) is 198 Å². The highest BCUT2D eigenvalue weighted by Gasteiger charge is 2.28. The molecule has 3 aromatic rings. The van der Waals surface area contributed by atoms with Gasteiger partial charge in [0.1, 0.15) is 21.1 Å². The third-order valence-corrected chi connectivity index (χ3v) is 9.48. The van der Waals surface area contributed by atoms with Gasteiger partial charge in [-0.25, -0.2) is 21.4 Å². The van der Waals surface area contributed by atoms with Crippen LogP contribution in [0.5, 0.6) is 11.5 Å². The van der Waals surface area contributed by atoms with E-state index in [4.69, 9.17) is 14.8 Å². The van der Waals surface area contributed by atoms with Crippen LogP contribution in [0.4, 0.5) is 0 Å². The van der Waals surface area contributed by atoms with Gasteiger partial charge in [-0.2, -0.15) is 4.72 Å². The Labute approximate surface area is 198 Å². The molecule has 0 saturated carbocycles. The van der Waals surface area contributed by atoms with Gasteiger partial charge in [0, 0.05) is 22.1 Å². The molecule has 0 aliphatic carbocycles. The van der Waals surface area contributed by atoms with Crippen molar-refractivity contribution >= 4 is 48.9 Å². The van der Waals surface area contributed by atoms with Crippen LogP contribution in [0.1, 0.15) is 0 Å². The molecular formula is C17H18N5O8PS3. The summed E-state index contributed by atoms with van der Waals surface area (Å²) in [5.41, 5.74) is 8.27. The molecule has 17 heteroatoms. The molecule has 2 N–H and O–H groups in total. The molecule has 0 fully saturated rings. The largest absolute Gasteiger partial charge is 0.493 e. The second kappa shape index (κ2) is 10.3. The van der Waals surface area contributed by atoms with Crippen molar-refractivity contribution in [2.45, 2.75) is 9.10 Å². The van der Waals surface area contributed by atoms with E-state index in [1.165, 1.54) is 12.3 Å². The van der Waals surface area contributed by atoms with E-state index in [2.05, 4.69) is 15.0 Å². The fraction of sp³-hybridized carbons (Fsp3) is 0.235. The molecule has 0 spiro atoms. The van der Waals surface area contributed by atoms with Gasteiger partial charge in [-0.15, -0.1) is 11.3 Å². The highest BCUT2D eigenvalue weighted by molar-refractivity contribution is 7.92. The molecule has 13 nitrogen and oxygen atoms in total. The molecule has 0 bridgehead atoms. The van der Waals surface area contributed by atoms with Crippen LogP contribution >= 0.6 is 18.9 Å². The molecule has 0 aliphatic heterocycles. The Balaban J connectivity index is 1.73. The predicted molar refractivity (Wildman–Crippen MR) is 124 cm³/mol. The lowest BCUT2D eigenvalue weighted by atomic mass is 10.2. The first-order valence-electron chi connectivity index (χ1n) is 9.24. The maximum atomic E-state index is 12.7. The molecule has 0 radical (unpaired) electrons. The average Bonchev–Trinajstić information content (AvgIpc) is 3.19. The van der Waals surface area contributed by atoms with Gasteiger partial charge in [0.15, 0.2) is 15.6 Å². The van der Waals surface area contributed by atoms with E-state index in [0.29, 0.717) is 15.8 Å². The van der Waals surface area contributed by atoms with Crippen LogP contribution in [0.3, 0.4) is 0 Å². The van der Waals surface area contributed by atoms with Crippen LogP contribution in [-0.2, 0) is 24.4 Å². The minimum absolute atomic E-state index is 0.119. The minimum Gasteiger partial charge on any atom is -0.493 e. The maximum Gasteiger partial charge on any atom is 0.391 e. The summed E-state index contributed by atoms with van der Waals surface area (Å²) in [6.07, 6.45) is 2.01.